The molecule has 1 aromatic carbocycles. The number of hydrogen-bond acceptors (Lipinski definition) is 2. The molecular formula is C15H20N2O. The van der Waals surface area contributed by atoms with E-state index in [1.165, 1.54) is 5.56 Å². The van der Waals surface area contributed by atoms with Crippen molar-refractivity contribution in [3.05, 3.63) is 35.9 Å². The Morgan fingerprint density at radius 1 is 1.22 bits per heavy atom. The second-order valence-corrected chi connectivity index (χ2v) is 5.63. The van der Waals surface area contributed by atoms with E-state index in [9.17, 15) is 4.79 Å². The zero-order chi connectivity index (χ0) is 12.5. The van der Waals surface area contributed by atoms with E-state index in [2.05, 4.69) is 41.5 Å². The fourth-order valence-electron chi connectivity index (χ4n) is 2.84. The van der Waals surface area contributed by atoms with Crippen molar-refractivity contribution in [1.29, 1.82) is 0 Å². The van der Waals surface area contributed by atoms with Crippen LogP contribution in [-0.2, 0) is 4.79 Å². The van der Waals surface area contributed by atoms with Crippen molar-refractivity contribution in [1.82, 2.24) is 10.2 Å². The number of amides is 1. The standard InChI is InChI=1S/C15H20N2O/c1-17-9-13(11-5-3-2-4-6-11)14(10-17)15(18)16-12-7-8-12/h2-6,12-14H,7-10H2,1H3,(H,16,18). The molecule has 2 fully saturated rings. The molecule has 1 N–H and O–H groups in total. The third kappa shape index (κ3) is 2.41. The highest BCUT2D eigenvalue weighted by atomic mass is 16.2. The maximum absolute atomic E-state index is 12.3. The lowest BCUT2D eigenvalue weighted by molar-refractivity contribution is -0.125. The minimum Gasteiger partial charge on any atom is -0.353 e. The van der Waals surface area contributed by atoms with Gasteiger partial charge in [-0.1, -0.05) is 30.3 Å². The Kier molecular flexibility index (Phi) is 3.08. The molecule has 1 saturated heterocycles. The molecule has 0 aromatic heterocycles. The Morgan fingerprint density at radius 2 is 1.94 bits per heavy atom. The van der Waals surface area contributed by atoms with E-state index in [1.807, 2.05) is 6.07 Å². The molecule has 18 heavy (non-hydrogen) atoms. The molecule has 2 unspecified atom stereocenters. The van der Waals surface area contributed by atoms with Crippen LogP contribution in [0.5, 0.6) is 0 Å². The van der Waals surface area contributed by atoms with Crippen LogP contribution < -0.4 is 5.32 Å². The third-order valence-electron chi connectivity index (χ3n) is 3.99. The second-order valence-electron chi connectivity index (χ2n) is 5.63. The molecule has 1 aliphatic carbocycles. The number of nitrogens with zero attached hydrogens (tertiary/aromatic N) is 1. The molecule has 3 rings (SSSR count). The predicted molar refractivity (Wildman–Crippen MR) is 71.3 cm³/mol. The number of hydrogen-bond donors (Lipinski definition) is 1. The summed E-state index contributed by atoms with van der Waals surface area (Å²) in [5.41, 5.74) is 1.29. The van der Waals surface area contributed by atoms with Gasteiger partial charge in [-0.2, -0.15) is 0 Å². The third-order valence-corrected chi connectivity index (χ3v) is 3.99. The van der Waals surface area contributed by atoms with E-state index < -0.39 is 0 Å². The zero-order valence-electron chi connectivity index (χ0n) is 10.8. The van der Waals surface area contributed by atoms with Gasteiger partial charge in [0.05, 0.1) is 5.92 Å². The Hall–Kier alpha value is -1.35. The first-order valence-electron chi connectivity index (χ1n) is 6.78. The first kappa shape index (κ1) is 11.7. The largest absolute Gasteiger partial charge is 0.353 e. The monoisotopic (exact) mass is 244 g/mol. The second kappa shape index (κ2) is 4.73. The lowest BCUT2D eigenvalue weighted by atomic mass is 9.88. The van der Waals surface area contributed by atoms with Gasteiger partial charge < -0.3 is 10.2 Å². The van der Waals surface area contributed by atoms with Gasteiger partial charge in [0.15, 0.2) is 0 Å². The molecule has 0 bridgehead atoms. The molecule has 1 heterocycles. The van der Waals surface area contributed by atoms with Crippen molar-refractivity contribution in [3.63, 3.8) is 0 Å². The summed E-state index contributed by atoms with van der Waals surface area (Å²) < 4.78 is 0. The minimum absolute atomic E-state index is 0.109. The molecule has 96 valence electrons. The topological polar surface area (TPSA) is 32.3 Å². The van der Waals surface area contributed by atoms with E-state index in [0.29, 0.717) is 12.0 Å². The molecule has 1 aliphatic heterocycles. The number of carbonyl (C=O) groups excluding carboxylic acids is 1. The highest BCUT2D eigenvalue weighted by Crippen LogP contribution is 2.32. The summed E-state index contributed by atoms with van der Waals surface area (Å²) in [6, 6.07) is 10.9. The molecule has 0 radical (unpaired) electrons. The Morgan fingerprint density at radius 3 is 2.61 bits per heavy atom. The van der Waals surface area contributed by atoms with E-state index in [-0.39, 0.29) is 11.8 Å². The summed E-state index contributed by atoms with van der Waals surface area (Å²) in [5.74, 6) is 0.698. The summed E-state index contributed by atoms with van der Waals surface area (Å²) in [6.45, 7) is 1.85. The van der Waals surface area contributed by atoms with Gasteiger partial charge in [-0.15, -0.1) is 0 Å². The first-order chi connectivity index (χ1) is 8.74. The van der Waals surface area contributed by atoms with Crippen molar-refractivity contribution >= 4 is 5.91 Å². The Labute approximate surface area is 108 Å². The van der Waals surface area contributed by atoms with Gasteiger partial charge in [0, 0.05) is 25.0 Å². The normalized spacial score (nSPS) is 28.3. The van der Waals surface area contributed by atoms with Crippen LogP contribution in [0.2, 0.25) is 0 Å². The van der Waals surface area contributed by atoms with Gasteiger partial charge in [-0.05, 0) is 25.5 Å². The summed E-state index contributed by atoms with van der Waals surface area (Å²) in [7, 11) is 2.10. The lowest BCUT2D eigenvalue weighted by Gasteiger charge is -2.18. The van der Waals surface area contributed by atoms with Gasteiger partial charge >= 0.3 is 0 Å². The highest BCUT2D eigenvalue weighted by Gasteiger charge is 2.38. The van der Waals surface area contributed by atoms with Crippen LogP contribution in [0.1, 0.15) is 24.3 Å². The van der Waals surface area contributed by atoms with Gasteiger partial charge in [0.2, 0.25) is 5.91 Å². The first-order valence-corrected chi connectivity index (χ1v) is 6.78. The molecule has 2 aliphatic rings. The molecule has 0 spiro atoms. The van der Waals surface area contributed by atoms with Gasteiger partial charge in [-0.25, -0.2) is 0 Å². The highest BCUT2D eigenvalue weighted by molar-refractivity contribution is 5.81. The summed E-state index contributed by atoms with van der Waals surface area (Å²) >= 11 is 0. The van der Waals surface area contributed by atoms with Crippen molar-refractivity contribution in [2.45, 2.75) is 24.8 Å². The van der Waals surface area contributed by atoms with Crippen molar-refractivity contribution in [2.75, 3.05) is 20.1 Å². The minimum atomic E-state index is 0.109. The maximum atomic E-state index is 12.3. The lowest BCUT2D eigenvalue weighted by Crippen LogP contribution is -2.35. The van der Waals surface area contributed by atoms with Crippen LogP contribution in [0.4, 0.5) is 0 Å². The molecule has 1 aromatic rings. The summed E-state index contributed by atoms with van der Waals surface area (Å²) in [5, 5.41) is 3.15. The molecule has 2 atom stereocenters. The van der Waals surface area contributed by atoms with Crippen LogP contribution in [0.3, 0.4) is 0 Å². The van der Waals surface area contributed by atoms with E-state index in [0.717, 1.165) is 25.9 Å². The number of carbonyl (C=O) groups is 1. The van der Waals surface area contributed by atoms with Crippen LogP contribution in [0.15, 0.2) is 30.3 Å². The quantitative estimate of drug-likeness (QED) is 0.876. The summed E-state index contributed by atoms with van der Waals surface area (Å²) in [4.78, 5) is 14.5. The molecule has 1 amide bonds. The fraction of sp³-hybridized carbons (Fsp3) is 0.533. The van der Waals surface area contributed by atoms with Crippen molar-refractivity contribution < 1.29 is 4.79 Å². The number of likely N-dealkylation sites (N-methyl/N-ethyl adjacent to an activating group) is 1. The maximum Gasteiger partial charge on any atom is 0.225 e. The number of rotatable bonds is 3. The van der Waals surface area contributed by atoms with Crippen LogP contribution >= 0.6 is 0 Å². The van der Waals surface area contributed by atoms with Crippen LogP contribution in [0.25, 0.3) is 0 Å². The van der Waals surface area contributed by atoms with E-state index >= 15 is 0 Å². The van der Waals surface area contributed by atoms with Gasteiger partial charge in [-0.3, -0.25) is 4.79 Å². The van der Waals surface area contributed by atoms with Crippen LogP contribution in [-0.4, -0.2) is 37.0 Å². The number of nitrogens with one attached hydrogen (secondary N) is 1. The average molecular weight is 244 g/mol. The Bertz CT molecular complexity index is 427. The number of benzene rings is 1. The van der Waals surface area contributed by atoms with E-state index in [4.69, 9.17) is 0 Å². The van der Waals surface area contributed by atoms with Gasteiger partial charge in [0.25, 0.3) is 0 Å². The van der Waals surface area contributed by atoms with E-state index in [1.54, 1.807) is 0 Å². The Balaban J connectivity index is 1.76. The molecule has 1 saturated carbocycles. The fourth-order valence-corrected chi connectivity index (χ4v) is 2.84. The average Bonchev–Trinajstić information content (AvgIpc) is 3.10. The molecule has 3 heteroatoms. The van der Waals surface area contributed by atoms with Crippen molar-refractivity contribution in [3.8, 4) is 0 Å². The predicted octanol–water partition coefficient (Wildman–Crippen LogP) is 1.61. The zero-order valence-corrected chi connectivity index (χ0v) is 10.8. The summed E-state index contributed by atoms with van der Waals surface area (Å²) in [6.07, 6.45) is 2.31. The molecular weight excluding hydrogens is 224 g/mol. The smallest absolute Gasteiger partial charge is 0.225 e. The number of likely N-dealkylation sites (tertiary alicyclic amines) is 1. The molecule has 3 nitrogen and oxygen atoms in total. The van der Waals surface area contributed by atoms with Crippen LogP contribution in [0, 0.1) is 5.92 Å². The van der Waals surface area contributed by atoms with Crippen molar-refractivity contribution in [2.24, 2.45) is 5.92 Å². The SMILES string of the molecule is CN1CC(C(=O)NC2CC2)C(c2ccccc2)C1. The van der Waals surface area contributed by atoms with Gasteiger partial charge in [0.1, 0.15) is 0 Å².